The van der Waals surface area contributed by atoms with E-state index in [0.29, 0.717) is 16.7 Å². The van der Waals surface area contributed by atoms with Gasteiger partial charge in [0.05, 0.1) is 6.20 Å². The number of carbonyl (C=O) groups is 1. The first-order valence-corrected chi connectivity index (χ1v) is 5.53. The lowest BCUT2D eigenvalue weighted by Gasteiger charge is -1.97. The second-order valence-electron chi connectivity index (χ2n) is 3.51. The number of halogens is 1. The van der Waals surface area contributed by atoms with Crippen molar-refractivity contribution in [1.82, 2.24) is 4.98 Å². The number of nitrogens with zero attached hydrogens (tertiary/aromatic N) is 1. The number of hydrogen-bond acceptors (Lipinski definition) is 4. The molecule has 2 aromatic rings. The Kier molecular flexibility index (Phi) is 3.96. The van der Waals surface area contributed by atoms with Gasteiger partial charge in [-0.2, -0.15) is 0 Å². The number of aliphatic carboxylic acids is 1. The highest BCUT2D eigenvalue weighted by molar-refractivity contribution is 6.30. The molecule has 0 bridgehead atoms. The fraction of sp³-hybridized carbons (Fsp3) is 0.167. The molecule has 0 unspecified atom stereocenters. The van der Waals surface area contributed by atoms with Crippen LogP contribution in [0.1, 0.15) is 5.89 Å². The van der Waals surface area contributed by atoms with E-state index >= 15 is 0 Å². The Morgan fingerprint density at radius 2 is 2.11 bits per heavy atom. The first-order valence-electron chi connectivity index (χ1n) is 5.15. The van der Waals surface area contributed by atoms with Gasteiger partial charge < -0.3 is 14.3 Å². The summed E-state index contributed by atoms with van der Waals surface area (Å²) in [5, 5.41) is 9.05. The van der Waals surface area contributed by atoms with Crippen LogP contribution in [0.5, 0.6) is 0 Å². The number of carboxylic acid groups (broad SMARTS) is 1. The molecule has 1 aromatic carbocycles. The van der Waals surface area contributed by atoms with Gasteiger partial charge in [0.25, 0.3) is 0 Å². The molecule has 0 atom stereocenters. The smallest absolute Gasteiger partial charge is 0.329 e. The molecular formula is C12H10ClNO4. The molecule has 2 rings (SSSR count). The topological polar surface area (TPSA) is 72.6 Å². The molecule has 0 fully saturated rings. The normalized spacial score (nSPS) is 10.5. The molecule has 1 heterocycles. The largest absolute Gasteiger partial charge is 0.480 e. The van der Waals surface area contributed by atoms with E-state index < -0.39 is 5.97 Å². The molecule has 0 saturated heterocycles. The van der Waals surface area contributed by atoms with Crippen LogP contribution in [0.2, 0.25) is 5.02 Å². The zero-order valence-electron chi connectivity index (χ0n) is 9.30. The minimum absolute atomic E-state index is 0.0277. The van der Waals surface area contributed by atoms with Crippen molar-refractivity contribution in [3.63, 3.8) is 0 Å². The molecule has 1 aromatic heterocycles. The van der Waals surface area contributed by atoms with Crippen LogP contribution >= 0.6 is 11.6 Å². The minimum Gasteiger partial charge on any atom is -0.480 e. The fourth-order valence-corrected chi connectivity index (χ4v) is 1.48. The van der Waals surface area contributed by atoms with Crippen LogP contribution in [-0.2, 0) is 16.1 Å². The molecule has 0 saturated carbocycles. The van der Waals surface area contributed by atoms with E-state index in [9.17, 15) is 4.79 Å². The number of ether oxygens (including phenoxy) is 1. The summed E-state index contributed by atoms with van der Waals surface area (Å²) in [6.07, 6.45) is 1.56. The van der Waals surface area contributed by atoms with Crippen molar-refractivity contribution in [3.05, 3.63) is 41.4 Å². The van der Waals surface area contributed by atoms with Crippen LogP contribution in [-0.4, -0.2) is 22.7 Å². The second-order valence-corrected chi connectivity index (χ2v) is 3.95. The molecule has 0 aliphatic heterocycles. The number of benzene rings is 1. The first kappa shape index (κ1) is 12.6. The Balaban J connectivity index is 2.01. The third-order valence-corrected chi connectivity index (χ3v) is 2.39. The molecular weight excluding hydrogens is 258 g/mol. The standard InChI is InChI=1S/C12H10ClNO4/c13-9-3-1-8(2-4-9)10-5-14-11(18-10)6-17-7-12(15)16/h1-5H,6-7H2,(H,15,16). The van der Waals surface area contributed by atoms with Crippen LogP contribution in [0.4, 0.5) is 0 Å². The van der Waals surface area contributed by atoms with Crippen LogP contribution in [0.25, 0.3) is 11.3 Å². The van der Waals surface area contributed by atoms with Crippen molar-refractivity contribution in [1.29, 1.82) is 0 Å². The van der Waals surface area contributed by atoms with E-state index in [-0.39, 0.29) is 13.2 Å². The van der Waals surface area contributed by atoms with Crippen LogP contribution in [0, 0.1) is 0 Å². The molecule has 0 aliphatic carbocycles. The number of carboxylic acids is 1. The Morgan fingerprint density at radius 3 is 2.78 bits per heavy atom. The van der Waals surface area contributed by atoms with Gasteiger partial charge in [-0.1, -0.05) is 11.6 Å². The molecule has 0 aliphatic rings. The highest BCUT2D eigenvalue weighted by atomic mass is 35.5. The molecule has 0 radical (unpaired) electrons. The molecule has 5 nitrogen and oxygen atoms in total. The monoisotopic (exact) mass is 267 g/mol. The SMILES string of the molecule is O=C(O)COCc1ncc(-c2ccc(Cl)cc2)o1. The fourth-order valence-electron chi connectivity index (χ4n) is 1.35. The highest BCUT2D eigenvalue weighted by Gasteiger charge is 2.07. The Morgan fingerprint density at radius 1 is 1.39 bits per heavy atom. The van der Waals surface area contributed by atoms with E-state index in [1.807, 2.05) is 12.1 Å². The Labute approximate surface area is 108 Å². The van der Waals surface area contributed by atoms with E-state index in [1.54, 1.807) is 18.3 Å². The number of hydrogen-bond donors (Lipinski definition) is 1. The summed E-state index contributed by atoms with van der Waals surface area (Å²) in [6.45, 7) is -0.349. The molecule has 94 valence electrons. The van der Waals surface area contributed by atoms with Gasteiger partial charge in [-0.3, -0.25) is 0 Å². The average Bonchev–Trinajstić information content (AvgIpc) is 2.78. The zero-order valence-corrected chi connectivity index (χ0v) is 10.1. The summed E-state index contributed by atoms with van der Waals surface area (Å²) in [5.74, 6) is -0.110. The second kappa shape index (κ2) is 5.66. The van der Waals surface area contributed by atoms with Crippen molar-refractivity contribution in [2.45, 2.75) is 6.61 Å². The zero-order chi connectivity index (χ0) is 13.0. The predicted molar refractivity (Wildman–Crippen MR) is 64.2 cm³/mol. The molecule has 18 heavy (non-hydrogen) atoms. The lowest BCUT2D eigenvalue weighted by molar-refractivity contribution is -0.142. The highest BCUT2D eigenvalue weighted by Crippen LogP contribution is 2.22. The lowest BCUT2D eigenvalue weighted by Crippen LogP contribution is -2.06. The average molecular weight is 268 g/mol. The maximum atomic E-state index is 10.3. The van der Waals surface area contributed by atoms with Crippen molar-refractivity contribution >= 4 is 17.6 Å². The third-order valence-electron chi connectivity index (χ3n) is 2.13. The summed E-state index contributed by atoms with van der Waals surface area (Å²) >= 11 is 5.78. The van der Waals surface area contributed by atoms with Gasteiger partial charge >= 0.3 is 5.97 Å². The molecule has 1 N–H and O–H groups in total. The van der Waals surface area contributed by atoms with Gasteiger partial charge in [0.15, 0.2) is 5.76 Å². The van der Waals surface area contributed by atoms with Gasteiger partial charge in [0.2, 0.25) is 5.89 Å². The van der Waals surface area contributed by atoms with Gasteiger partial charge in [-0.25, -0.2) is 9.78 Å². The van der Waals surface area contributed by atoms with E-state index in [1.165, 1.54) is 0 Å². The number of oxazole rings is 1. The van der Waals surface area contributed by atoms with Crippen molar-refractivity contribution in [3.8, 4) is 11.3 Å². The van der Waals surface area contributed by atoms with Crippen molar-refractivity contribution in [2.24, 2.45) is 0 Å². The maximum Gasteiger partial charge on any atom is 0.329 e. The molecule has 0 amide bonds. The Bertz CT molecular complexity index is 535. The minimum atomic E-state index is -1.03. The summed E-state index contributed by atoms with van der Waals surface area (Å²) in [4.78, 5) is 14.3. The summed E-state index contributed by atoms with van der Waals surface area (Å²) in [7, 11) is 0. The quantitative estimate of drug-likeness (QED) is 0.901. The van der Waals surface area contributed by atoms with Gasteiger partial charge in [-0.05, 0) is 24.3 Å². The summed E-state index contributed by atoms with van der Waals surface area (Å²) < 4.78 is 10.3. The van der Waals surface area contributed by atoms with Crippen molar-refractivity contribution in [2.75, 3.05) is 6.61 Å². The number of aromatic nitrogens is 1. The van der Waals surface area contributed by atoms with Gasteiger partial charge in [0, 0.05) is 10.6 Å². The van der Waals surface area contributed by atoms with Gasteiger partial charge in [0.1, 0.15) is 13.2 Å². The first-order chi connectivity index (χ1) is 8.65. The van der Waals surface area contributed by atoms with E-state index in [2.05, 4.69) is 4.98 Å². The van der Waals surface area contributed by atoms with Crippen molar-refractivity contribution < 1.29 is 19.1 Å². The van der Waals surface area contributed by atoms with Crippen LogP contribution < -0.4 is 0 Å². The van der Waals surface area contributed by atoms with E-state index in [0.717, 1.165) is 5.56 Å². The Hall–Kier alpha value is -1.85. The molecule has 6 heteroatoms. The van der Waals surface area contributed by atoms with Gasteiger partial charge in [-0.15, -0.1) is 0 Å². The summed E-state index contributed by atoms with van der Waals surface area (Å²) in [5.41, 5.74) is 0.844. The molecule has 0 spiro atoms. The predicted octanol–water partition coefficient (Wildman–Crippen LogP) is 2.60. The lowest BCUT2D eigenvalue weighted by atomic mass is 10.2. The third kappa shape index (κ3) is 3.32. The van der Waals surface area contributed by atoms with E-state index in [4.69, 9.17) is 25.9 Å². The van der Waals surface area contributed by atoms with Crippen LogP contribution in [0.15, 0.2) is 34.9 Å². The van der Waals surface area contributed by atoms with Crippen LogP contribution in [0.3, 0.4) is 0 Å². The number of rotatable bonds is 5. The summed E-state index contributed by atoms with van der Waals surface area (Å²) in [6, 6.07) is 7.12. The maximum absolute atomic E-state index is 10.3.